The molecule has 26 heavy (non-hydrogen) atoms. The molecular formula is C21H29N3O2. The Kier molecular flexibility index (Phi) is 4.07. The van der Waals surface area contributed by atoms with Crippen molar-refractivity contribution in [1.82, 2.24) is 10.6 Å². The minimum Gasteiger partial charge on any atom is -0.493 e. The molecule has 1 spiro atoms. The first-order valence-corrected chi connectivity index (χ1v) is 10.1. The molecule has 4 unspecified atom stereocenters. The van der Waals surface area contributed by atoms with E-state index in [-0.39, 0.29) is 6.04 Å². The van der Waals surface area contributed by atoms with Crippen LogP contribution < -0.4 is 15.4 Å². The van der Waals surface area contributed by atoms with E-state index in [1.807, 2.05) is 13.1 Å². The molecule has 2 aliphatic heterocycles. The molecule has 2 saturated carbocycles. The highest BCUT2D eigenvalue weighted by molar-refractivity contribution is 5.81. The first-order chi connectivity index (χ1) is 12.8. The van der Waals surface area contributed by atoms with Crippen LogP contribution in [0.15, 0.2) is 29.3 Å². The second kappa shape index (κ2) is 6.45. The van der Waals surface area contributed by atoms with Gasteiger partial charge in [0.05, 0.1) is 18.8 Å². The summed E-state index contributed by atoms with van der Waals surface area (Å²) in [7, 11) is 1.88. The Morgan fingerprint density at radius 3 is 2.81 bits per heavy atom. The van der Waals surface area contributed by atoms with Crippen molar-refractivity contribution in [3.8, 4) is 5.75 Å². The summed E-state index contributed by atoms with van der Waals surface area (Å²) in [6, 6.07) is 9.08. The van der Waals surface area contributed by atoms with E-state index in [0.717, 1.165) is 31.3 Å². The van der Waals surface area contributed by atoms with Crippen LogP contribution in [0.25, 0.3) is 0 Å². The van der Waals surface area contributed by atoms with E-state index in [1.165, 1.54) is 37.7 Å². The van der Waals surface area contributed by atoms with Gasteiger partial charge in [-0.1, -0.05) is 31.0 Å². The smallest absolute Gasteiger partial charge is 0.191 e. The number of fused-ring (bicyclic) bond motifs is 3. The molecule has 0 radical (unpaired) electrons. The van der Waals surface area contributed by atoms with Gasteiger partial charge in [-0.15, -0.1) is 0 Å². The van der Waals surface area contributed by atoms with Crippen molar-refractivity contribution in [2.45, 2.75) is 56.7 Å². The number of hydrogen-bond acceptors (Lipinski definition) is 3. The number of benzene rings is 1. The fourth-order valence-corrected chi connectivity index (χ4v) is 5.88. The van der Waals surface area contributed by atoms with Gasteiger partial charge in [0.25, 0.3) is 0 Å². The highest BCUT2D eigenvalue weighted by Crippen LogP contribution is 2.60. The highest BCUT2D eigenvalue weighted by atomic mass is 16.5. The molecule has 140 valence electrons. The lowest BCUT2D eigenvalue weighted by Crippen LogP contribution is -2.69. The molecule has 2 N–H and O–H groups in total. The van der Waals surface area contributed by atoms with E-state index in [0.29, 0.717) is 23.5 Å². The van der Waals surface area contributed by atoms with Gasteiger partial charge in [0.15, 0.2) is 5.96 Å². The van der Waals surface area contributed by atoms with Crippen molar-refractivity contribution < 1.29 is 9.47 Å². The summed E-state index contributed by atoms with van der Waals surface area (Å²) in [6.45, 7) is 1.67. The fourth-order valence-electron chi connectivity index (χ4n) is 5.88. The Morgan fingerprint density at radius 1 is 1.12 bits per heavy atom. The molecule has 1 aromatic rings. The van der Waals surface area contributed by atoms with Crippen molar-refractivity contribution in [1.29, 1.82) is 0 Å². The molecule has 0 amide bonds. The van der Waals surface area contributed by atoms with Crippen LogP contribution in [0.2, 0.25) is 0 Å². The molecule has 2 aliphatic carbocycles. The molecule has 3 fully saturated rings. The average molecular weight is 355 g/mol. The average Bonchev–Trinajstić information content (AvgIpc) is 3.34. The third-order valence-electron chi connectivity index (χ3n) is 7.07. The summed E-state index contributed by atoms with van der Waals surface area (Å²) < 4.78 is 11.9. The van der Waals surface area contributed by atoms with E-state index in [1.54, 1.807) is 0 Å². The topological polar surface area (TPSA) is 54.9 Å². The number of rotatable bonds is 2. The van der Waals surface area contributed by atoms with Crippen LogP contribution in [0.5, 0.6) is 5.75 Å². The maximum atomic E-state index is 6.11. The van der Waals surface area contributed by atoms with Crippen molar-refractivity contribution >= 4 is 5.96 Å². The number of hydrogen-bond donors (Lipinski definition) is 2. The Hall–Kier alpha value is -1.75. The van der Waals surface area contributed by atoms with Gasteiger partial charge in [0.1, 0.15) is 5.75 Å². The number of guanidine groups is 1. The largest absolute Gasteiger partial charge is 0.493 e. The lowest BCUT2D eigenvalue weighted by Gasteiger charge is -2.57. The quantitative estimate of drug-likeness (QED) is 0.632. The van der Waals surface area contributed by atoms with Gasteiger partial charge in [-0.3, -0.25) is 4.99 Å². The summed E-state index contributed by atoms with van der Waals surface area (Å²) in [6.07, 6.45) is 7.88. The first-order valence-electron chi connectivity index (χ1n) is 10.1. The van der Waals surface area contributed by atoms with Crippen molar-refractivity contribution in [3.05, 3.63) is 29.8 Å². The third kappa shape index (κ3) is 2.43. The zero-order valence-electron chi connectivity index (χ0n) is 15.5. The van der Waals surface area contributed by atoms with Gasteiger partial charge in [-0.05, 0) is 25.3 Å². The summed E-state index contributed by atoms with van der Waals surface area (Å²) in [5, 5.41) is 7.47. The molecule has 5 nitrogen and oxygen atoms in total. The van der Waals surface area contributed by atoms with E-state index in [9.17, 15) is 0 Å². The van der Waals surface area contributed by atoms with E-state index in [4.69, 9.17) is 9.47 Å². The van der Waals surface area contributed by atoms with Crippen LogP contribution in [-0.2, 0) is 4.74 Å². The van der Waals surface area contributed by atoms with E-state index >= 15 is 0 Å². The molecule has 0 bridgehead atoms. The van der Waals surface area contributed by atoms with Crippen molar-refractivity contribution in [2.75, 3.05) is 20.3 Å². The summed E-state index contributed by atoms with van der Waals surface area (Å²) >= 11 is 0. The minimum absolute atomic E-state index is 0.251. The van der Waals surface area contributed by atoms with Gasteiger partial charge in [-0.2, -0.15) is 0 Å². The summed E-state index contributed by atoms with van der Waals surface area (Å²) in [4.78, 5) is 4.56. The van der Waals surface area contributed by atoms with Crippen LogP contribution in [-0.4, -0.2) is 38.4 Å². The molecule has 4 atom stereocenters. The molecule has 1 saturated heterocycles. The predicted molar refractivity (Wildman–Crippen MR) is 101 cm³/mol. The Bertz CT molecular complexity index is 698. The zero-order chi connectivity index (χ0) is 17.6. The third-order valence-corrected chi connectivity index (χ3v) is 7.07. The SMILES string of the molecule is CN=C(NC1CCOc2ccccc21)NC1C2CCOC2C12CCCC2. The standard InChI is InChI=1S/C21H29N3O2/c1-22-20(23-16-9-13-25-17-7-3-2-6-14(16)17)24-18-15-8-12-26-19(15)21(18)10-4-5-11-21/h2-3,6-7,15-16,18-19H,4-5,8-13H2,1H3,(H2,22,23,24). The number of para-hydroxylation sites is 1. The van der Waals surface area contributed by atoms with Crippen LogP contribution in [0.1, 0.15) is 50.1 Å². The van der Waals surface area contributed by atoms with Gasteiger partial charge in [0.2, 0.25) is 0 Å². The van der Waals surface area contributed by atoms with Crippen molar-refractivity contribution in [2.24, 2.45) is 16.3 Å². The maximum Gasteiger partial charge on any atom is 0.191 e. The van der Waals surface area contributed by atoms with E-state index < -0.39 is 0 Å². The fraction of sp³-hybridized carbons (Fsp3) is 0.667. The maximum absolute atomic E-state index is 6.11. The lowest BCUT2D eigenvalue weighted by atomic mass is 9.54. The van der Waals surface area contributed by atoms with Gasteiger partial charge in [0, 0.05) is 43.0 Å². The molecule has 4 aliphatic rings. The van der Waals surface area contributed by atoms with Crippen LogP contribution in [0.4, 0.5) is 0 Å². The Balaban J connectivity index is 1.32. The summed E-state index contributed by atoms with van der Waals surface area (Å²) in [5.41, 5.74) is 1.57. The molecule has 0 aromatic heterocycles. The van der Waals surface area contributed by atoms with Gasteiger partial charge >= 0.3 is 0 Å². The van der Waals surface area contributed by atoms with Crippen LogP contribution in [0, 0.1) is 11.3 Å². The van der Waals surface area contributed by atoms with E-state index in [2.05, 4.69) is 33.8 Å². The zero-order valence-corrected chi connectivity index (χ0v) is 15.5. The monoisotopic (exact) mass is 355 g/mol. The number of nitrogens with zero attached hydrogens (tertiary/aromatic N) is 1. The summed E-state index contributed by atoms with van der Waals surface area (Å²) in [5.74, 6) is 2.56. The predicted octanol–water partition coefficient (Wildman–Crippen LogP) is 3.02. The highest BCUT2D eigenvalue weighted by Gasteiger charge is 2.65. The van der Waals surface area contributed by atoms with Gasteiger partial charge < -0.3 is 20.1 Å². The lowest BCUT2D eigenvalue weighted by molar-refractivity contribution is -0.125. The minimum atomic E-state index is 0.251. The van der Waals surface area contributed by atoms with Crippen molar-refractivity contribution in [3.63, 3.8) is 0 Å². The second-order valence-electron chi connectivity index (χ2n) is 8.25. The molecule has 5 rings (SSSR count). The molecular weight excluding hydrogens is 326 g/mol. The van der Waals surface area contributed by atoms with Gasteiger partial charge in [-0.25, -0.2) is 0 Å². The second-order valence-corrected chi connectivity index (χ2v) is 8.25. The Morgan fingerprint density at radius 2 is 1.96 bits per heavy atom. The molecule has 5 heteroatoms. The number of ether oxygens (including phenoxy) is 2. The number of aliphatic imine (C=N–C) groups is 1. The first kappa shape index (κ1) is 16.4. The normalized spacial score (nSPS) is 34.6. The van der Waals surface area contributed by atoms with Crippen LogP contribution in [0.3, 0.4) is 0 Å². The van der Waals surface area contributed by atoms with Crippen LogP contribution >= 0.6 is 0 Å². The molecule has 1 aromatic carbocycles. The Labute approximate surface area is 155 Å². The molecule has 2 heterocycles. The number of nitrogens with one attached hydrogen (secondary N) is 2.